The van der Waals surface area contributed by atoms with Crippen molar-refractivity contribution in [1.82, 2.24) is 4.98 Å². The molecule has 0 bridgehead atoms. The molecular weight excluding hydrogens is 332 g/mol. The number of nitrogens with two attached hydrogens (primary N) is 1. The largest absolute Gasteiger partial charge is 0.330 e. The van der Waals surface area contributed by atoms with Crippen LogP contribution in [-0.2, 0) is 6.42 Å². The van der Waals surface area contributed by atoms with Gasteiger partial charge in [0, 0.05) is 4.47 Å². The minimum atomic E-state index is 0.319. The molecule has 0 aliphatic heterocycles. The van der Waals surface area contributed by atoms with Crippen LogP contribution in [0.3, 0.4) is 0 Å². The van der Waals surface area contributed by atoms with E-state index in [-0.39, 0.29) is 0 Å². The average molecular weight is 355 g/mol. The maximum Gasteiger partial charge on any atom is 0.0938 e. The quantitative estimate of drug-likeness (QED) is 0.819. The number of rotatable bonds is 5. The second-order valence-corrected chi connectivity index (χ2v) is 8.43. The lowest BCUT2D eigenvalue weighted by atomic mass is 9.76. The van der Waals surface area contributed by atoms with Crippen molar-refractivity contribution in [2.45, 2.75) is 40.0 Å². The molecular formula is C16H23BrN2S. The van der Waals surface area contributed by atoms with Crippen molar-refractivity contribution in [3.63, 3.8) is 0 Å². The minimum Gasteiger partial charge on any atom is -0.330 e. The summed E-state index contributed by atoms with van der Waals surface area (Å²) in [7, 11) is 0. The molecule has 4 heteroatoms. The zero-order chi connectivity index (χ0) is 14.8. The van der Waals surface area contributed by atoms with E-state index in [4.69, 9.17) is 10.7 Å². The van der Waals surface area contributed by atoms with E-state index in [0.717, 1.165) is 29.4 Å². The minimum absolute atomic E-state index is 0.319. The number of hydrogen-bond donors (Lipinski definition) is 1. The lowest BCUT2D eigenvalue weighted by Gasteiger charge is -2.30. The molecule has 0 aliphatic carbocycles. The molecule has 2 N–H and O–H groups in total. The second-order valence-electron chi connectivity index (χ2n) is 6.40. The molecule has 110 valence electrons. The highest BCUT2D eigenvalue weighted by Gasteiger charge is 2.23. The fourth-order valence-electron chi connectivity index (χ4n) is 2.56. The van der Waals surface area contributed by atoms with Gasteiger partial charge in [-0.2, -0.15) is 0 Å². The van der Waals surface area contributed by atoms with Gasteiger partial charge in [-0.25, -0.2) is 4.98 Å². The van der Waals surface area contributed by atoms with Crippen LogP contribution in [0.4, 0.5) is 0 Å². The Morgan fingerprint density at radius 2 is 2.05 bits per heavy atom. The summed E-state index contributed by atoms with van der Waals surface area (Å²) in [5, 5.41) is 1.24. The Hall–Kier alpha value is -0.450. The number of halogens is 1. The molecule has 2 rings (SSSR count). The van der Waals surface area contributed by atoms with E-state index in [9.17, 15) is 0 Å². The van der Waals surface area contributed by atoms with E-state index in [1.807, 2.05) is 11.3 Å². The van der Waals surface area contributed by atoms with Crippen LogP contribution in [0.2, 0.25) is 0 Å². The summed E-state index contributed by atoms with van der Waals surface area (Å²) < 4.78 is 2.39. The molecule has 1 aromatic heterocycles. The molecule has 0 radical (unpaired) electrons. The standard InChI is InChI=1S/C16H23BrN2S/c1-16(2,3)11(8-9-18)4-7-15-19-13-6-5-12(17)10-14(13)20-15/h5-6,10-11H,4,7-9,18H2,1-3H3. The van der Waals surface area contributed by atoms with Gasteiger partial charge in [-0.15, -0.1) is 11.3 Å². The van der Waals surface area contributed by atoms with Crippen LogP contribution in [0.15, 0.2) is 22.7 Å². The third-order valence-corrected chi connectivity index (χ3v) is 5.41. The Bertz CT molecular complexity index is 571. The fraction of sp³-hybridized carbons (Fsp3) is 0.562. The molecule has 0 saturated heterocycles. The summed E-state index contributed by atoms with van der Waals surface area (Å²) in [5.41, 5.74) is 7.18. The zero-order valence-corrected chi connectivity index (χ0v) is 14.9. The van der Waals surface area contributed by atoms with Gasteiger partial charge >= 0.3 is 0 Å². The number of hydrogen-bond acceptors (Lipinski definition) is 3. The number of nitrogens with zero attached hydrogens (tertiary/aromatic N) is 1. The average Bonchev–Trinajstić information content (AvgIpc) is 2.74. The molecule has 0 spiro atoms. The highest BCUT2D eigenvalue weighted by atomic mass is 79.9. The fourth-order valence-corrected chi connectivity index (χ4v) is 4.10. The van der Waals surface area contributed by atoms with Crippen molar-refractivity contribution in [3.05, 3.63) is 27.7 Å². The predicted octanol–water partition coefficient (Wildman–Crippen LogP) is 5.00. The van der Waals surface area contributed by atoms with Gasteiger partial charge in [0.25, 0.3) is 0 Å². The number of thiazole rings is 1. The molecule has 2 nitrogen and oxygen atoms in total. The Morgan fingerprint density at radius 1 is 1.30 bits per heavy atom. The Labute approximate surface area is 133 Å². The molecule has 2 aromatic rings. The topological polar surface area (TPSA) is 38.9 Å². The molecule has 0 fully saturated rings. The summed E-state index contributed by atoms with van der Waals surface area (Å²) in [6.45, 7) is 7.70. The predicted molar refractivity (Wildman–Crippen MR) is 92.3 cm³/mol. The first-order valence-corrected chi connectivity index (χ1v) is 8.76. The van der Waals surface area contributed by atoms with Crippen LogP contribution in [0.5, 0.6) is 0 Å². The third kappa shape index (κ3) is 4.03. The van der Waals surface area contributed by atoms with Crippen molar-refractivity contribution in [3.8, 4) is 0 Å². The zero-order valence-electron chi connectivity index (χ0n) is 12.4. The van der Waals surface area contributed by atoms with Crippen LogP contribution >= 0.6 is 27.3 Å². The smallest absolute Gasteiger partial charge is 0.0938 e. The molecule has 1 heterocycles. The van der Waals surface area contributed by atoms with Gasteiger partial charge in [0.15, 0.2) is 0 Å². The van der Waals surface area contributed by atoms with E-state index in [1.54, 1.807) is 0 Å². The van der Waals surface area contributed by atoms with Crippen molar-refractivity contribution in [2.24, 2.45) is 17.1 Å². The molecule has 0 aliphatic rings. The van der Waals surface area contributed by atoms with Gasteiger partial charge < -0.3 is 5.73 Å². The van der Waals surface area contributed by atoms with Gasteiger partial charge in [-0.05, 0) is 55.3 Å². The lowest BCUT2D eigenvalue weighted by molar-refractivity contribution is 0.215. The lowest BCUT2D eigenvalue weighted by Crippen LogP contribution is -2.24. The summed E-state index contributed by atoms with van der Waals surface area (Å²) >= 11 is 5.33. The van der Waals surface area contributed by atoms with Crippen LogP contribution in [-0.4, -0.2) is 11.5 Å². The van der Waals surface area contributed by atoms with Crippen LogP contribution in [0.25, 0.3) is 10.2 Å². The van der Waals surface area contributed by atoms with E-state index in [2.05, 4.69) is 54.9 Å². The summed E-state index contributed by atoms with van der Waals surface area (Å²) in [6, 6.07) is 6.29. The maximum atomic E-state index is 5.75. The molecule has 0 saturated carbocycles. The van der Waals surface area contributed by atoms with E-state index < -0.39 is 0 Å². The maximum absolute atomic E-state index is 5.75. The molecule has 1 unspecified atom stereocenters. The first kappa shape index (κ1) is 15.9. The SMILES string of the molecule is CC(C)(C)C(CCN)CCc1nc2ccc(Br)cc2s1. The van der Waals surface area contributed by atoms with Gasteiger partial charge in [0.2, 0.25) is 0 Å². The van der Waals surface area contributed by atoms with E-state index in [0.29, 0.717) is 11.3 Å². The summed E-state index contributed by atoms with van der Waals surface area (Å²) in [4.78, 5) is 4.73. The van der Waals surface area contributed by atoms with Gasteiger partial charge in [-0.3, -0.25) is 0 Å². The van der Waals surface area contributed by atoms with Crippen LogP contribution in [0.1, 0.15) is 38.6 Å². The first-order chi connectivity index (χ1) is 9.40. The third-order valence-electron chi connectivity index (χ3n) is 3.84. The number of fused-ring (bicyclic) bond motifs is 1. The van der Waals surface area contributed by atoms with Crippen molar-refractivity contribution in [1.29, 1.82) is 0 Å². The van der Waals surface area contributed by atoms with Crippen LogP contribution < -0.4 is 5.73 Å². The first-order valence-electron chi connectivity index (χ1n) is 7.15. The summed E-state index contributed by atoms with van der Waals surface area (Å²) in [6.07, 6.45) is 3.32. The normalized spacial score (nSPS) is 13.8. The Morgan fingerprint density at radius 3 is 2.70 bits per heavy atom. The van der Waals surface area contributed by atoms with Crippen LogP contribution in [0, 0.1) is 11.3 Å². The Kier molecular flexibility index (Phi) is 5.21. The number of aromatic nitrogens is 1. The number of benzene rings is 1. The summed E-state index contributed by atoms with van der Waals surface area (Å²) in [5.74, 6) is 0.659. The molecule has 1 atom stereocenters. The van der Waals surface area contributed by atoms with Crippen molar-refractivity contribution >= 4 is 37.5 Å². The van der Waals surface area contributed by atoms with Crippen molar-refractivity contribution in [2.75, 3.05) is 6.54 Å². The number of aryl methyl sites for hydroxylation is 1. The van der Waals surface area contributed by atoms with Crippen molar-refractivity contribution < 1.29 is 0 Å². The highest BCUT2D eigenvalue weighted by Crippen LogP contribution is 2.33. The van der Waals surface area contributed by atoms with E-state index in [1.165, 1.54) is 16.1 Å². The Balaban J connectivity index is 2.07. The van der Waals surface area contributed by atoms with Gasteiger partial charge in [0.05, 0.1) is 15.2 Å². The molecule has 1 aromatic carbocycles. The van der Waals surface area contributed by atoms with Gasteiger partial charge in [-0.1, -0.05) is 36.7 Å². The highest BCUT2D eigenvalue weighted by molar-refractivity contribution is 9.10. The molecule has 20 heavy (non-hydrogen) atoms. The van der Waals surface area contributed by atoms with E-state index >= 15 is 0 Å². The molecule has 0 amide bonds. The van der Waals surface area contributed by atoms with Gasteiger partial charge in [0.1, 0.15) is 0 Å². The monoisotopic (exact) mass is 354 g/mol. The second kappa shape index (κ2) is 6.54.